The highest BCUT2D eigenvalue weighted by Crippen LogP contribution is 2.22. The van der Waals surface area contributed by atoms with Gasteiger partial charge in [0, 0.05) is 12.4 Å². The average Bonchev–Trinajstić information content (AvgIpc) is 2.97. The van der Waals surface area contributed by atoms with E-state index < -0.39 is 0 Å². The van der Waals surface area contributed by atoms with Gasteiger partial charge in [-0.25, -0.2) is 15.0 Å². The van der Waals surface area contributed by atoms with Crippen LogP contribution in [0.5, 0.6) is 0 Å². The lowest BCUT2D eigenvalue weighted by molar-refractivity contribution is -0.120. The van der Waals surface area contributed by atoms with Crippen molar-refractivity contribution in [2.45, 2.75) is 19.5 Å². The first-order valence-corrected chi connectivity index (χ1v) is 8.07. The van der Waals surface area contributed by atoms with Crippen molar-refractivity contribution in [3.63, 3.8) is 0 Å². The molecule has 0 radical (unpaired) electrons. The summed E-state index contributed by atoms with van der Waals surface area (Å²) in [6.45, 7) is 2.47. The number of fused-ring (bicyclic) bond motifs is 1. The molecule has 0 saturated heterocycles. The van der Waals surface area contributed by atoms with Crippen LogP contribution in [0.25, 0.3) is 10.2 Å². The standard InChI is InChI=1S/C16H17N5OS/c1-11(15(22)20-16-17-8-5-9-18-16)21(2)10-14-19-12-6-3-4-7-13(12)23-14/h3-9,11H,10H2,1-2H3,(H,17,18,20,22). The van der Waals surface area contributed by atoms with Gasteiger partial charge in [0.05, 0.1) is 22.8 Å². The summed E-state index contributed by atoms with van der Waals surface area (Å²) in [4.78, 5) is 26.8. The van der Waals surface area contributed by atoms with Gasteiger partial charge < -0.3 is 0 Å². The summed E-state index contributed by atoms with van der Waals surface area (Å²) >= 11 is 1.65. The minimum absolute atomic E-state index is 0.139. The third-order valence-corrected chi connectivity index (χ3v) is 4.59. The normalized spacial score (nSPS) is 12.5. The molecule has 3 rings (SSSR count). The number of para-hydroxylation sites is 1. The van der Waals surface area contributed by atoms with E-state index in [1.165, 1.54) is 0 Å². The Morgan fingerprint density at radius 2 is 2.00 bits per heavy atom. The number of benzene rings is 1. The first kappa shape index (κ1) is 15.5. The van der Waals surface area contributed by atoms with E-state index in [0.717, 1.165) is 15.2 Å². The van der Waals surface area contributed by atoms with Crippen molar-refractivity contribution >= 4 is 33.4 Å². The zero-order chi connectivity index (χ0) is 16.2. The van der Waals surface area contributed by atoms with E-state index in [4.69, 9.17) is 0 Å². The molecule has 1 amide bonds. The lowest BCUT2D eigenvalue weighted by Crippen LogP contribution is -2.39. The van der Waals surface area contributed by atoms with E-state index in [9.17, 15) is 4.79 Å². The second-order valence-electron chi connectivity index (χ2n) is 5.23. The van der Waals surface area contributed by atoms with Crippen molar-refractivity contribution in [1.82, 2.24) is 19.9 Å². The molecule has 23 heavy (non-hydrogen) atoms. The number of nitrogens with zero attached hydrogens (tertiary/aromatic N) is 4. The quantitative estimate of drug-likeness (QED) is 0.780. The van der Waals surface area contributed by atoms with Crippen LogP contribution in [0.3, 0.4) is 0 Å². The highest BCUT2D eigenvalue weighted by molar-refractivity contribution is 7.18. The first-order chi connectivity index (χ1) is 11.1. The molecule has 0 aliphatic heterocycles. The largest absolute Gasteiger partial charge is 0.293 e. The molecule has 0 spiro atoms. The number of carbonyl (C=O) groups is 1. The minimum Gasteiger partial charge on any atom is -0.293 e. The molecular formula is C16H17N5OS. The van der Waals surface area contributed by atoms with Gasteiger partial charge in [0.15, 0.2) is 0 Å². The number of anilines is 1. The van der Waals surface area contributed by atoms with Crippen LogP contribution in [0, 0.1) is 0 Å². The summed E-state index contributed by atoms with van der Waals surface area (Å²) < 4.78 is 1.16. The van der Waals surface area contributed by atoms with Gasteiger partial charge in [-0.1, -0.05) is 12.1 Å². The molecule has 0 bridgehead atoms. The molecule has 118 valence electrons. The molecule has 0 fully saturated rings. The van der Waals surface area contributed by atoms with Gasteiger partial charge in [-0.3, -0.25) is 15.0 Å². The van der Waals surface area contributed by atoms with Gasteiger partial charge >= 0.3 is 0 Å². The Bertz CT molecular complexity index is 771. The fourth-order valence-electron chi connectivity index (χ4n) is 2.12. The Hall–Kier alpha value is -2.38. The molecule has 1 aromatic carbocycles. The molecule has 0 aliphatic rings. The zero-order valence-corrected chi connectivity index (χ0v) is 13.7. The summed E-state index contributed by atoms with van der Waals surface area (Å²) in [5, 5.41) is 3.71. The number of hydrogen-bond acceptors (Lipinski definition) is 6. The van der Waals surface area contributed by atoms with E-state index in [1.807, 2.05) is 37.1 Å². The van der Waals surface area contributed by atoms with Crippen LogP contribution < -0.4 is 5.32 Å². The highest BCUT2D eigenvalue weighted by atomic mass is 32.1. The van der Waals surface area contributed by atoms with Crippen molar-refractivity contribution in [3.05, 3.63) is 47.7 Å². The maximum atomic E-state index is 12.3. The molecular weight excluding hydrogens is 310 g/mol. The van der Waals surface area contributed by atoms with Crippen molar-refractivity contribution in [3.8, 4) is 0 Å². The van der Waals surface area contributed by atoms with E-state index in [-0.39, 0.29) is 11.9 Å². The van der Waals surface area contributed by atoms with Crippen LogP contribution in [-0.4, -0.2) is 38.8 Å². The first-order valence-electron chi connectivity index (χ1n) is 7.26. The Morgan fingerprint density at radius 1 is 1.26 bits per heavy atom. The molecule has 7 heteroatoms. The van der Waals surface area contributed by atoms with Crippen LogP contribution in [0.1, 0.15) is 11.9 Å². The second-order valence-corrected chi connectivity index (χ2v) is 6.34. The monoisotopic (exact) mass is 327 g/mol. The van der Waals surface area contributed by atoms with Gasteiger partial charge in [0.2, 0.25) is 11.9 Å². The van der Waals surface area contributed by atoms with Crippen LogP contribution in [0.2, 0.25) is 0 Å². The number of rotatable bonds is 5. The molecule has 3 aromatic rings. The number of hydrogen-bond donors (Lipinski definition) is 1. The lowest BCUT2D eigenvalue weighted by Gasteiger charge is -2.22. The smallest absolute Gasteiger partial charge is 0.243 e. The van der Waals surface area contributed by atoms with Gasteiger partial charge in [0.25, 0.3) is 0 Å². The molecule has 0 saturated carbocycles. The molecule has 1 unspecified atom stereocenters. The topological polar surface area (TPSA) is 71.0 Å². The number of aromatic nitrogens is 3. The summed E-state index contributed by atoms with van der Waals surface area (Å²) in [6, 6.07) is 9.43. The summed E-state index contributed by atoms with van der Waals surface area (Å²) in [5.41, 5.74) is 0.996. The van der Waals surface area contributed by atoms with Crippen molar-refractivity contribution < 1.29 is 4.79 Å². The predicted molar refractivity (Wildman–Crippen MR) is 91.2 cm³/mol. The number of amides is 1. The van der Waals surface area contributed by atoms with Gasteiger partial charge in [0.1, 0.15) is 5.01 Å². The molecule has 1 atom stereocenters. The molecule has 6 nitrogen and oxygen atoms in total. The second kappa shape index (κ2) is 6.80. The zero-order valence-electron chi connectivity index (χ0n) is 12.9. The van der Waals surface area contributed by atoms with Crippen molar-refractivity contribution in [2.24, 2.45) is 0 Å². The third-order valence-electron chi connectivity index (χ3n) is 3.56. The van der Waals surface area contributed by atoms with Crippen LogP contribution >= 0.6 is 11.3 Å². The summed E-state index contributed by atoms with van der Waals surface area (Å²) in [5.74, 6) is 0.178. The lowest BCUT2D eigenvalue weighted by atomic mass is 10.3. The Kier molecular flexibility index (Phi) is 4.59. The maximum Gasteiger partial charge on any atom is 0.243 e. The highest BCUT2D eigenvalue weighted by Gasteiger charge is 2.20. The number of carbonyl (C=O) groups excluding carboxylic acids is 1. The van der Waals surface area contributed by atoms with E-state index in [2.05, 4.69) is 26.3 Å². The SMILES string of the molecule is CC(C(=O)Nc1ncccn1)N(C)Cc1nc2ccccc2s1. The fourth-order valence-corrected chi connectivity index (χ4v) is 3.15. The van der Waals surface area contributed by atoms with Crippen LogP contribution in [0.15, 0.2) is 42.7 Å². The molecule has 0 aliphatic carbocycles. The van der Waals surface area contributed by atoms with E-state index in [0.29, 0.717) is 12.5 Å². The van der Waals surface area contributed by atoms with Crippen LogP contribution in [0.4, 0.5) is 5.95 Å². The Morgan fingerprint density at radius 3 is 2.74 bits per heavy atom. The third kappa shape index (κ3) is 3.69. The number of thiazole rings is 1. The van der Waals surface area contributed by atoms with E-state index in [1.54, 1.807) is 29.8 Å². The maximum absolute atomic E-state index is 12.3. The van der Waals surface area contributed by atoms with Crippen molar-refractivity contribution in [2.75, 3.05) is 12.4 Å². The predicted octanol–water partition coefficient (Wildman–Crippen LogP) is 2.55. The Labute approximate surface area is 138 Å². The van der Waals surface area contributed by atoms with Crippen molar-refractivity contribution in [1.29, 1.82) is 0 Å². The van der Waals surface area contributed by atoms with Crippen LogP contribution in [-0.2, 0) is 11.3 Å². The summed E-state index contributed by atoms with van der Waals surface area (Å²) in [6.07, 6.45) is 3.19. The fraction of sp³-hybridized carbons (Fsp3) is 0.250. The molecule has 2 aromatic heterocycles. The number of nitrogens with one attached hydrogen (secondary N) is 1. The minimum atomic E-state index is -0.314. The van der Waals surface area contributed by atoms with Gasteiger partial charge in [-0.2, -0.15) is 0 Å². The van der Waals surface area contributed by atoms with Gasteiger partial charge in [-0.15, -0.1) is 11.3 Å². The average molecular weight is 327 g/mol. The molecule has 1 N–H and O–H groups in total. The Balaban J connectivity index is 1.64. The number of likely N-dealkylation sites (N-methyl/N-ethyl adjacent to an activating group) is 1. The van der Waals surface area contributed by atoms with E-state index >= 15 is 0 Å². The summed E-state index contributed by atoms with van der Waals surface area (Å²) in [7, 11) is 1.90. The van der Waals surface area contributed by atoms with Gasteiger partial charge in [-0.05, 0) is 32.2 Å². The molecule has 2 heterocycles.